The van der Waals surface area contributed by atoms with E-state index in [0.717, 1.165) is 30.5 Å². The highest BCUT2D eigenvalue weighted by molar-refractivity contribution is 6.76. The summed E-state index contributed by atoms with van der Waals surface area (Å²) < 4.78 is 13.9. The highest BCUT2D eigenvalue weighted by Crippen LogP contribution is 2.29. The molecule has 1 fully saturated rings. The highest BCUT2D eigenvalue weighted by Gasteiger charge is 2.26. The molecule has 0 aliphatic heterocycles. The number of hydrogen-bond acceptors (Lipinski definition) is 3. The molecular weight excluding hydrogens is 280 g/mol. The number of hydrogen-bond donors (Lipinski definition) is 0. The molecule has 5 heteroatoms. The first-order valence-corrected chi connectivity index (χ1v) is 11.4. The topological polar surface area (TPSA) is 36.3 Å². The largest absolute Gasteiger partial charge is 0.461 e. The number of nitrogens with zero attached hydrogens (tertiary/aromatic N) is 2. The van der Waals surface area contributed by atoms with Crippen molar-refractivity contribution in [3.05, 3.63) is 24.3 Å². The van der Waals surface area contributed by atoms with Crippen LogP contribution in [0.4, 0.5) is 0 Å². The van der Waals surface area contributed by atoms with Crippen molar-refractivity contribution in [3.8, 4) is 6.01 Å². The van der Waals surface area contributed by atoms with Crippen molar-refractivity contribution < 1.29 is 9.47 Å². The minimum Gasteiger partial charge on any atom is -0.461 e. The van der Waals surface area contributed by atoms with Gasteiger partial charge in [0.05, 0.1) is 11.0 Å². The van der Waals surface area contributed by atoms with Crippen LogP contribution in [-0.2, 0) is 11.5 Å². The molecule has 0 radical (unpaired) electrons. The molecule has 0 spiro atoms. The van der Waals surface area contributed by atoms with Gasteiger partial charge in [-0.15, -0.1) is 0 Å². The van der Waals surface area contributed by atoms with E-state index in [-0.39, 0.29) is 0 Å². The molecule has 1 saturated carbocycles. The van der Waals surface area contributed by atoms with Gasteiger partial charge in [0.15, 0.2) is 0 Å². The zero-order valence-corrected chi connectivity index (χ0v) is 14.1. The molecule has 4 nitrogen and oxygen atoms in total. The second-order valence-corrected chi connectivity index (χ2v) is 12.6. The molecule has 0 unspecified atom stereocenters. The summed E-state index contributed by atoms with van der Waals surface area (Å²) in [5.74, 6) is 0. The third-order valence-corrected chi connectivity index (χ3v) is 5.34. The Hall–Kier alpha value is -1.33. The lowest BCUT2D eigenvalue weighted by molar-refractivity contribution is 0.0809. The lowest BCUT2D eigenvalue weighted by Gasteiger charge is -2.16. The van der Waals surface area contributed by atoms with E-state index in [2.05, 4.69) is 35.3 Å². The summed E-state index contributed by atoms with van der Waals surface area (Å²) in [5, 5.41) is 0. The molecule has 0 saturated heterocycles. The molecule has 2 aromatic rings. The first-order valence-electron chi connectivity index (χ1n) is 7.73. The average molecular weight is 304 g/mol. The van der Waals surface area contributed by atoms with Crippen LogP contribution in [0.15, 0.2) is 24.3 Å². The highest BCUT2D eigenvalue weighted by atomic mass is 28.3. The van der Waals surface area contributed by atoms with Gasteiger partial charge in [-0.1, -0.05) is 31.8 Å². The van der Waals surface area contributed by atoms with Crippen LogP contribution < -0.4 is 4.74 Å². The maximum absolute atomic E-state index is 5.92. The van der Waals surface area contributed by atoms with Crippen LogP contribution in [0.25, 0.3) is 11.0 Å². The molecule has 0 N–H and O–H groups in total. The summed E-state index contributed by atoms with van der Waals surface area (Å²) in [4.78, 5) is 4.59. The van der Waals surface area contributed by atoms with Crippen LogP contribution in [-0.4, -0.2) is 30.3 Å². The van der Waals surface area contributed by atoms with Crippen LogP contribution in [0.3, 0.4) is 0 Å². The molecule has 1 heterocycles. The molecule has 1 aliphatic rings. The van der Waals surface area contributed by atoms with Gasteiger partial charge in [-0.25, -0.2) is 0 Å². The number of fused-ring (bicyclic) bond motifs is 1. The predicted molar refractivity (Wildman–Crippen MR) is 87.5 cm³/mol. The molecule has 1 aromatic carbocycles. The number of imidazole rings is 1. The average Bonchev–Trinajstić information content (AvgIpc) is 3.16. The van der Waals surface area contributed by atoms with Crippen molar-refractivity contribution in [2.45, 2.75) is 51.4 Å². The van der Waals surface area contributed by atoms with E-state index in [4.69, 9.17) is 9.47 Å². The van der Waals surface area contributed by atoms with Gasteiger partial charge in [0.2, 0.25) is 0 Å². The van der Waals surface area contributed by atoms with Crippen LogP contribution in [0.5, 0.6) is 6.01 Å². The summed E-state index contributed by atoms with van der Waals surface area (Å²) in [6.45, 7) is 8.43. The summed E-state index contributed by atoms with van der Waals surface area (Å²) in [5.41, 5.74) is 2.06. The molecule has 3 rings (SSSR count). The Kier molecular flexibility index (Phi) is 4.04. The molecule has 1 aromatic heterocycles. The van der Waals surface area contributed by atoms with Gasteiger partial charge in [0, 0.05) is 14.7 Å². The molecule has 0 bridgehead atoms. The minimum absolute atomic E-state index is 0.350. The zero-order chi connectivity index (χ0) is 14.9. The quantitative estimate of drug-likeness (QED) is 0.575. The molecule has 0 amide bonds. The van der Waals surface area contributed by atoms with E-state index in [1.165, 1.54) is 6.04 Å². The Morgan fingerprint density at radius 2 is 2.00 bits per heavy atom. The predicted octanol–water partition coefficient (Wildman–Crippen LogP) is 3.89. The number of ether oxygens (including phenoxy) is 2. The minimum atomic E-state index is -1.04. The van der Waals surface area contributed by atoms with Gasteiger partial charge in [0.25, 0.3) is 6.01 Å². The number of benzene rings is 1. The second-order valence-electron chi connectivity index (χ2n) is 6.98. The van der Waals surface area contributed by atoms with Gasteiger partial charge in [-0.2, -0.15) is 4.98 Å². The van der Waals surface area contributed by atoms with E-state index < -0.39 is 8.07 Å². The first-order chi connectivity index (χ1) is 10.0. The molecule has 114 valence electrons. The van der Waals surface area contributed by atoms with Crippen molar-refractivity contribution in [2.75, 3.05) is 6.61 Å². The third kappa shape index (κ3) is 3.86. The summed E-state index contributed by atoms with van der Waals surface area (Å²) in [6, 6.07) is 10.0. The molecule has 0 atom stereocenters. The Morgan fingerprint density at radius 3 is 2.71 bits per heavy atom. The van der Waals surface area contributed by atoms with Crippen LogP contribution in [0.1, 0.15) is 12.8 Å². The van der Waals surface area contributed by atoms with E-state index in [0.29, 0.717) is 18.8 Å². The van der Waals surface area contributed by atoms with Crippen molar-refractivity contribution in [1.29, 1.82) is 0 Å². The van der Waals surface area contributed by atoms with Gasteiger partial charge in [-0.3, -0.25) is 4.57 Å². The number of aromatic nitrogens is 2. The van der Waals surface area contributed by atoms with E-state index in [9.17, 15) is 0 Å². The van der Waals surface area contributed by atoms with Crippen molar-refractivity contribution in [3.63, 3.8) is 0 Å². The third-order valence-electron chi connectivity index (χ3n) is 3.63. The monoisotopic (exact) mass is 304 g/mol. The fraction of sp³-hybridized carbons (Fsp3) is 0.562. The Labute approximate surface area is 127 Å². The molecular formula is C16H24N2O2Si. The standard InChI is InChI=1S/C16H24N2O2Si/c1-21(2,3)11-10-19-12-18-15-7-5-4-6-14(15)17-16(18)20-13-8-9-13/h4-7,13H,8-12H2,1-3H3. The normalized spacial score (nSPS) is 15.6. The number of rotatable bonds is 7. The van der Waals surface area contributed by atoms with Gasteiger partial charge in [0.1, 0.15) is 12.8 Å². The van der Waals surface area contributed by atoms with Gasteiger partial charge >= 0.3 is 0 Å². The van der Waals surface area contributed by atoms with E-state index >= 15 is 0 Å². The maximum atomic E-state index is 5.92. The van der Waals surface area contributed by atoms with Crippen LogP contribution in [0, 0.1) is 0 Å². The fourth-order valence-electron chi connectivity index (χ4n) is 2.14. The molecule has 21 heavy (non-hydrogen) atoms. The Balaban J connectivity index is 1.72. The summed E-state index contributed by atoms with van der Waals surface area (Å²) in [7, 11) is -1.04. The lowest BCUT2D eigenvalue weighted by Crippen LogP contribution is -2.22. The SMILES string of the molecule is C[Si](C)(C)CCOCn1c(OC2CC2)nc2ccccc21. The Bertz CT molecular complexity index is 614. The summed E-state index contributed by atoms with van der Waals surface area (Å²) >= 11 is 0. The van der Waals surface area contributed by atoms with Crippen LogP contribution >= 0.6 is 0 Å². The molecule has 1 aliphatic carbocycles. The lowest BCUT2D eigenvalue weighted by atomic mass is 10.3. The smallest absolute Gasteiger partial charge is 0.299 e. The van der Waals surface area contributed by atoms with Crippen molar-refractivity contribution in [2.24, 2.45) is 0 Å². The van der Waals surface area contributed by atoms with Gasteiger partial charge < -0.3 is 9.47 Å². The van der Waals surface area contributed by atoms with Crippen LogP contribution in [0.2, 0.25) is 25.7 Å². The first kappa shape index (κ1) is 14.6. The number of para-hydroxylation sites is 2. The Morgan fingerprint density at radius 1 is 1.24 bits per heavy atom. The maximum Gasteiger partial charge on any atom is 0.299 e. The van der Waals surface area contributed by atoms with E-state index in [1.54, 1.807) is 0 Å². The zero-order valence-electron chi connectivity index (χ0n) is 13.1. The van der Waals surface area contributed by atoms with Crippen molar-refractivity contribution in [1.82, 2.24) is 9.55 Å². The van der Waals surface area contributed by atoms with Gasteiger partial charge in [-0.05, 0) is 31.0 Å². The second kappa shape index (κ2) is 5.81. The van der Waals surface area contributed by atoms with E-state index in [1.807, 2.05) is 18.2 Å². The van der Waals surface area contributed by atoms with Crippen molar-refractivity contribution >= 4 is 19.1 Å². The fourth-order valence-corrected chi connectivity index (χ4v) is 2.89. The summed E-state index contributed by atoms with van der Waals surface area (Å²) in [6.07, 6.45) is 2.63.